The van der Waals surface area contributed by atoms with E-state index in [9.17, 15) is 18.0 Å². The molecule has 2 aliphatic rings. The first-order valence-electron chi connectivity index (χ1n) is 8.90. The number of aromatic nitrogens is 1. The number of pyridine rings is 1. The number of hydrogen-bond acceptors (Lipinski definition) is 4. The van der Waals surface area contributed by atoms with Gasteiger partial charge in [-0.3, -0.25) is 9.59 Å². The van der Waals surface area contributed by atoms with Crippen LogP contribution in [0.4, 0.5) is 0 Å². The van der Waals surface area contributed by atoms with E-state index in [0.29, 0.717) is 19.6 Å². The normalized spacial score (nSPS) is 22.3. The summed E-state index contributed by atoms with van der Waals surface area (Å²) in [5.41, 5.74) is -0.618. The lowest BCUT2D eigenvalue weighted by molar-refractivity contribution is -0.135. The number of amides is 1. The summed E-state index contributed by atoms with van der Waals surface area (Å²) in [6.07, 6.45) is 6.14. The second-order valence-electron chi connectivity index (χ2n) is 6.85. The number of carbonyl (C=O) groups excluding carboxylic acids is 1. The first kappa shape index (κ1) is 18.1. The largest absolute Gasteiger partial charge is 0.338 e. The Balaban J connectivity index is 1.84. The lowest BCUT2D eigenvalue weighted by Crippen LogP contribution is -2.45. The van der Waals surface area contributed by atoms with Crippen LogP contribution in [0.25, 0.3) is 0 Å². The van der Waals surface area contributed by atoms with Gasteiger partial charge in [0.25, 0.3) is 5.56 Å². The smallest absolute Gasteiger partial charge is 0.271 e. The van der Waals surface area contributed by atoms with Gasteiger partial charge >= 0.3 is 0 Å². The maximum absolute atomic E-state index is 12.7. The predicted molar refractivity (Wildman–Crippen MR) is 93.7 cm³/mol. The second-order valence-corrected chi connectivity index (χ2v) is 8.75. The highest BCUT2D eigenvalue weighted by Crippen LogP contribution is 2.19. The number of sulfonamides is 1. The SMILES string of the molecule is CC1CCCCN1C(=O)Cn1cccc(S(=O)(=O)N2CCCC2)c1=O. The first-order chi connectivity index (χ1) is 11.9. The topological polar surface area (TPSA) is 79.7 Å². The number of nitrogens with zero attached hydrogens (tertiary/aromatic N) is 3. The van der Waals surface area contributed by atoms with Gasteiger partial charge < -0.3 is 9.47 Å². The fraction of sp³-hybridized carbons (Fsp3) is 0.647. The summed E-state index contributed by atoms with van der Waals surface area (Å²) in [5, 5.41) is 0. The molecule has 3 rings (SSSR count). The molecule has 0 aliphatic carbocycles. The van der Waals surface area contributed by atoms with Crippen LogP contribution >= 0.6 is 0 Å². The molecular formula is C17H25N3O4S. The molecule has 1 atom stereocenters. The lowest BCUT2D eigenvalue weighted by Gasteiger charge is -2.33. The van der Waals surface area contributed by atoms with Crippen molar-refractivity contribution in [3.8, 4) is 0 Å². The van der Waals surface area contributed by atoms with Gasteiger partial charge in [-0.15, -0.1) is 0 Å². The number of rotatable bonds is 4. The van der Waals surface area contributed by atoms with E-state index in [0.717, 1.165) is 32.1 Å². The molecule has 2 saturated heterocycles. The van der Waals surface area contributed by atoms with E-state index in [2.05, 4.69) is 0 Å². The predicted octanol–water partition coefficient (Wildman–Crippen LogP) is 1.03. The summed E-state index contributed by atoms with van der Waals surface area (Å²) >= 11 is 0. The summed E-state index contributed by atoms with van der Waals surface area (Å²) in [6.45, 7) is 3.48. The highest BCUT2D eigenvalue weighted by Gasteiger charge is 2.30. The van der Waals surface area contributed by atoms with Gasteiger partial charge in [-0.2, -0.15) is 4.31 Å². The highest BCUT2D eigenvalue weighted by atomic mass is 32.2. The zero-order valence-electron chi connectivity index (χ0n) is 14.6. The van der Waals surface area contributed by atoms with Gasteiger partial charge in [-0.1, -0.05) is 0 Å². The molecule has 0 spiro atoms. The van der Waals surface area contributed by atoms with E-state index in [1.807, 2.05) is 6.92 Å². The Morgan fingerprint density at radius 2 is 1.84 bits per heavy atom. The minimum atomic E-state index is -3.79. The third kappa shape index (κ3) is 3.64. The molecule has 7 nitrogen and oxygen atoms in total. The van der Waals surface area contributed by atoms with E-state index >= 15 is 0 Å². The molecule has 0 saturated carbocycles. The van der Waals surface area contributed by atoms with Crippen molar-refractivity contribution in [1.82, 2.24) is 13.8 Å². The molecule has 1 aromatic rings. The summed E-state index contributed by atoms with van der Waals surface area (Å²) in [6, 6.07) is 3.02. The van der Waals surface area contributed by atoms with Gasteiger partial charge in [0.1, 0.15) is 11.4 Å². The van der Waals surface area contributed by atoms with Crippen LogP contribution in [0.1, 0.15) is 39.0 Å². The number of piperidine rings is 1. The standard InChI is InChI=1S/C17H25N3O4S/c1-14-7-2-3-12-20(14)16(21)13-18-9-6-8-15(17(18)22)25(23,24)19-10-4-5-11-19/h6,8-9,14H,2-5,7,10-13H2,1H3. The molecule has 1 unspecified atom stereocenters. The average molecular weight is 367 g/mol. The first-order valence-corrected chi connectivity index (χ1v) is 10.3. The molecule has 0 radical (unpaired) electrons. The van der Waals surface area contributed by atoms with E-state index in [4.69, 9.17) is 0 Å². The van der Waals surface area contributed by atoms with Crippen LogP contribution in [0.5, 0.6) is 0 Å². The Bertz CT molecular complexity index is 796. The number of likely N-dealkylation sites (tertiary alicyclic amines) is 1. The van der Waals surface area contributed by atoms with Gasteiger partial charge in [-0.25, -0.2) is 8.42 Å². The molecule has 0 bridgehead atoms. The van der Waals surface area contributed by atoms with Gasteiger partial charge in [0.05, 0.1) is 0 Å². The monoisotopic (exact) mass is 367 g/mol. The van der Waals surface area contributed by atoms with Crippen LogP contribution in [-0.4, -0.2) is 53.8 Å². The highest BCUT2D eigenvalue weighted by molar-refractivity contribution is 7.89. The molecule has 0 aromatic carbocycles. The van der Waals surface area contributed by atoms with Crippen molar-refractivity contribution in [2.45, 2.75) is 56.5 Å². The van der Waals surface area contributed by atoms with Gasteiger partial charge in [-0.05, 0) is 51.2 Å². The molecular weight excluding hydrogens is 342 g/mol. The molecule has 1 amide bonds. The average Bonchev–Trinajstić information content (AvgIpc) is 3.12. The van der Waals surface area contributed by atoms with E-state index in [-0.39, 0.29) is 23.4 Å². The summed E-state index contributed by atoms with van der Waals surface area (Å²) in [5.74, 6) is -0.134. The zero-order chi connectivity index (χ0) is 18.0. The van der Waals surface area contributed by atoms with Crippen LogP contribution in [0, 0.1) is 0 Å². The van der Waals surface area contributed by atoms with Crippen molar-refractivity contribution in [1.29, 1.82) is 0 Å². The quantitative estimate of drug-likeness (QED) is 0.796. The lowest BCUT2D eigenvalue weighted by atomic mass is 10.0. The summed E-state index contributed by atoms with van der Waals surface area (Å²) in [7, 11) is -3.79. The molecule has 2 aliphatic heterocycles. The Hall–Kier alpha value is -1.67. The zero-order valence-corrected chi connectivity index (χ0v) is 15.4. The van der Waals surface area contributed by atoms with Crippen molar-refractivity contribution >= 4 is 15.9 Å². The van der Waals surface area contributed by atoms with Crippen molar-refractivity contribution < 1.29 is 13.2 Å². The fourth-order valence-corrected chi connectivity index (χ4v) is 5.21. The fourth-order valence-electron chi connectivity index (χ4n) is 3.61. The van der Waals surface area contributed by atoms with Crippen LogP contribution in [0.15, 0.2) is 28.0 Å². The van der Waals surface area contributed by atoms with Crippen molar-refractivity contribution in [3.63, 3.8) is 0 Å². The molecule has 8 heteroatoms. The molecule has 25 heavy (non-hydrogen) atoms. The minimum Gasteiger partial charge on any atom is -0.338 e. The summed E-state index contributed by atoms with van der Waals surface area (Å²) in [4.78, 5) is 26.8. The van der Waals surface area contributed by atoms with Crippen LogP contribution in [0.2, 0.25) is 0 Å². The molecule has 1 aromatic heterocycles. The molecule has 3 heterocycles. The third-order valence-electron chi connectivity index (χ3n) is 5.10. The number of carbonyl (C=O) groups is 1. The van der Waals surface area contributed by atoms with E-state index in [1.54, 1.807) is 4.90 Å². The Kier molecular flexibility index (Phi) is 5.29. The van der Waals surface area contributed by atoms with E-state index in [1.165, 1.54) is 27.2 Å². The minimum absolute atomic E-state index is 0.119. The van der Waals surface area contributed by atoms with Gasteiger partial charge in [0.15, 0.2) is 0 Å². The van der Waals surface area contributed by atoms with Crippen molar-refractivity contribution in [2.24, 2.45) is 0 Å². The molecule has 138 valence electrons. The van der Waals surface area contributed by atoms with Crippen LogP contribution < -0.4 is 5.56 Å². The van der Waals surface area contributed by atoms with Gasteiger partial charge in [0.2, 0.25) is 15.9 Å². The third-order valence-corrected chi connectivity index (χ3v) is 7.01. The van der Waals surface area contributed by atoms with Crippen LogP contribution in [0.3, 0.4) is 0 Å². The maximum atomic E-state index is 12.7. The Morgan fingerprint density at radius 3 is 2.52 bits per heavy atom. The summed E-state index contributed by atoms with van der Waals surface area (Å²) < 4.78 is 27.9. The van der Waals surface area contributed by atoms with Crippen LogP contribution in [-0.2, 0) is 21.4 Å². The Morgan fingerprint density at radius 1 is 1.16 bits per heavy atom. The van der Waals surface area contributed by atoms with Crippen molar-refractivity contribution in [3.05, 3.63) is 28.7 Å². The van der Waals surface area contributed by atoms with Gasteiger partial charge in [0, 0.05) is 31.9 Å². The number of hydrogen-bond donors (Lipinski definition) is 0. The Labute approximate surface area is 148 Å². The van der Waals surface area contributed by atoms with E-state index < -0.39 is 15.6 Å². The van der Waals surface area contributed by atoms with Crippen molar-refractivity contribution in [2.75, 3.05) is 19.6 Å². The second kappa shape index (κ2) is 7.29. The molecule has 2 fully saturated rings. The molecule has 0 N–H and O–H groups in total. The maximum Gasteiger partial charge on any atom is 0.271 e.